The predicted octanol–water partition coefficient (Wildman–Crippen LogP) is -1.11. The average Bonchev–Trinajstić information content (AvgIpc) is 2.21. The van der Waals surface area contributed by atoms with Gasteiger partial charge >= 0.3 is 23.1 Å². The van der Waals surface area contributed by atoms with E-state index in [-0.39, 0.29) is 47.9 Å². The van der Waals surface area contributed by atoms with Crippen LogP contribution in [0, 0.1) is 0 Å². The molecule has 17 heavy (non-hydrogen) atoms. The number of hydrogen-bond acceptors (Lipinski definition) is 0. The number of allylic oxidation sites excluding steroid dienone is 4. The van der Waals surface area contributed by atoms with E-state index in [2.05, 4.69) is 38.2 Å². The van der Waals surface area contributed by atoms with Crippen LogP contribution < -0.4 is 24.8 Å². The number of rotatable bonds is 9. The molecule has 3 heteroatoms. The molecule has 0 unspecified atom stereocenters. The van der Waals surface area contributed by atoms with Crippen molar-refractivity contribution < 1.29 is 24.8 Å². The van der Waals surface area contributed by atoms with E-state index in [9.17, 15) is 0 Å². The first-order chi connectivity index (χ1) is 6.91. The van der Waals surface area contributed by atoms with E-state index >= 15 is 0 Å². The number of unbranched alkanes of at least 4 members (excludes halogenated alkanes) is 6. The van der Waals surface area contributed by atoms with Gasteiger partial charge in [-0.3, -0.25) is 0 Å². The molecule has 0 aliphatic carbocycles. The molecule has 0 saturated carbocycles. The van der Waals surface area contributed by atoms with Gasteiger partial charge in [0.05, 0.1) is 0 Å². The topological polar surface area (TPSA) is 0 Å². The Bertz CT molecular complexity index is 156. The van der Waals surface area contributed by atoms with Crippen molar-refractivity contribution in [2.75, 3.05) is 0 Å². The first kappa shape index (κ1) is 26.4. The molecule has 0 bridgehead atoms. The van der Waals surface area contributed by atoms with Gasteiger partial charge in [0.2, 0.25) is 0 Å². The van der Waals surface area contributed by atoms with Gasteiger partial charge < -0.3 is 24.8 Å². The van der Waals surface area contributed by atoms with Crippen LogP contribution in [0.15, 0.2) is 24.3 Å². The molecule has 0 heterocycles. The predicted molar refractivity (Wildman–Crippen MR) is 72.3 cm³/mol. The van der Waals surface area contributed by atoms with Crippen LogP contribution in [0.2, 0.25) is 0 Å². The van der Waals surface area contributed by atoms with E-state index in [0.29, 0.717) is 0 Å². The normalized spacial score (nSPS) is 9.76. The van der Waals surface area contributed by atoms with Crippen LogP contribution in [0.5, 0.6) is 0 Å². The van der Waals surface area contributed by atoms with E-state index in [1.165, 1.54) is 51.4 Å². The fourth-order valence-corrected chi connectivity index (χ4v) is 1.36. The van der Waals surface area contributed by atoms with E-state index in [4.69, 9.17) is 0 Å². The Hall–Kier alpha value is 0.826. The third-order valence-corrected chi connectivity index (χ3v) is 2.33. The van der Waals surface area contributed by atoms with Crippen LogP contribution in [0.4, 0.5) is 0 Å². The van der Waals surface area contributed by atoms with Crippen LogP contribution in [-0.4, -0.2) is 23.1 Å². The van der Waals surface area contributed by atoms with Crippen molar-refractivity contribution in [3.8, 4) is 0 Å². The molecule has 0 aliphatic heterocycles. The molecule has 0 rings (SSSR count). The van der Waals surface area contributed by atoms with Crippen LogP contribution in [0.25, 0.3) is 0 Å². The van der Waals surface area contributed by atoms with Gasteiger partial charge in [-0.1, -0.05) is 70.3 Å². The van der Waals surface area contributed by atoms with Crippen LogP contribution in [0.1, 0.15) is 65.2 Å². The molecule has 0 amide bonds. The Balaban J connectivity index is -0.000000282. The molecule has 0 atom stereocenters. The molecule has 0 nitrogen and oxygen atoms in total. The van der Waals surface area contributed by atoms with Crippen LogP contribution >= 0.6 is 0 Å². The Labute approximate surface area is 137 Å². The van der Waals surface area contributed by atoms with Gasteiger partial charge in [-0.25, -0.2) is 0 Å². The molecule has 0 aromatic rings. The largest absolute Gasteiger partial charge is 2.00 e. The van der Waals surface area contributed by atoms with Gasteiger partial charge in [-0.2, -0.15) is 0 Å². The summed E-state index contributed by atoms with van der Waals surface area (Å²) in [5, 5.41) is 0. The zero-order chi connectivity index (χ0) is 10.5. The Morgan fingerprint density at radius 2 is 1.12 bits per heavy atom. The fourth-order valence-electron chi connectivity index (χ4n) is 1.36. The fraction of sp³-hybridized carbons (Fsp3) is 0.714. The van der Waals surface area contributed by atoms with Crippen molar-refractivity contribution in [2.45, 2.75) is 65.2 Å². The Kier molecular flexibility index (Phi) is 39.8. The molecule has 0 N–H and O–H groups in total. The maximum atomic E-state index is 2.29. The van der Waals surface area contributed by atoms with Crippen molar-refractivity contribution in [3.63, 3.8) is 0 Å². The Morgan fingerprint density at radius 1 is 0.647 bits per heavy atom. The summed E-state index contributed by atoms with van der Waals surface area (Å²) in [7, 11) is 0. The zero-order valence-electron chi connectivity index (χ0n) is 11.4. The minimum Gasteiger partial charge on any atom is -1.00 e. The minimum atomic E-state index is 0. The van der Waals surface area contributed by atoms with E-state index in [1.807, 2.05) is 0 Å². The first-order valence-corrected chi connectivity index (χ1v) is 6.23. The van der Waals surface area contributed by atoms with Gasteiger partial charge in [0.25, 0.3) is 0 Å². The summed E-state index contributed by atoms with van der Waals surface area (Å²) < 4.78 is 0. The standard InChI is InChI=1S/C14H26.2ClH.Mg/c1-3-5-7-9-11-13-14-12-10-8-6-4-2;;;/h9,11,13-14H,3-8,10,12H2,1-2H3;2*1H;/q;;;+2/p-2/b11-9-,14-13+;;;. The quantitative estimate of drug-likeness (QED) is 0.287. The molecule has 0 fully saturated rings. The van der Waals surface area contributed by atoms with Crippen molar-refractivity contribution in [2.24, 2.45) is 0 Å². The van der Waals surface area contributed by atoms with Crippen molar-refractivity contribution in [1.29, 1.82) is 0 Å². The summed E-state index contributed by atoms with van der Waals surface area (Å²) in [6.45, 7) is 4.49. The summed E-state index contributed by atoms with van der Waals surface area (Å²) >= 11 is 0. The number of halogens is 2. The van der Waals surface area contributed by atoms with Gasteiger partial charge in [0, 0.05) is 0 Å². The second kappa shape index (κ2) is 25.6. The summed E-state index contributed by atoms with van der Waals surface area (Å²) in [5.41, 5.74) is 0. The van der Waals surface area contributed by atoms with E-state index in [0.717, 1.165) is 0 Å². The van der Waals surface area contributed by atoms with Crippen molar-refractivity contribution in [1.82, 2.24) is 0 Å². The average molecular weight is 290 g/mol. The van der Waals surface area contributed by atoms with Gasteiger partial charge in [-0.05, 0) is 19.3 Å². The molecule has 0 saturated heterocycles. The maximum Gasteiger partial charge on any atom is 2.00 e. The molecule has 0 spiro atoms. The molecular weight excluding hydrogens is 263 g/mol. The molecule has 0 radical (unpaired) electrons. The van der Waals surface area contributed by atoms with Crippen molar-refractivity contribution in [3.05, 3.63) is 24.3 Å². The molecule has 0 aliphatic rings. The monoisotopic (exact) mass is 288 g/mol. The molecule has 0 aromatic heterocycles. The van der Waals surface area contributed by atoms with E-state index in [1.54, 1.807) is 0 Å². The molecular formula is C14H26Cl2Mg. The van der Waals surface area contributed by atoms with Gasteiger partial charge in [-0.15, -0.1) is 0 Å². The molecule has 0 aromatic carbocycles. The second-order valence-electron chi connectivity index (χ2n) is 3.85. The Morgan fingerprint density at radius 3 is 1.59 bits per heavy atom. The first-order valence-electron chi connectivity index (χ1n) is 6.23. The summed E-state index contributed by atoms with van der Waals surface area (Å²) in [4.78, 5) is 0. The third-order valence-electron chi connectivity index (χ3n) is 2.33. The zero-order valence-corrected chi connectivity index (χ0v) is 14.4. The van der Waals surface area contributed by atoms with Crippen LogP contribution in [-0.2, 0) is 0 Å². The smallest absolute Gasteiger partial charge is 1.00 e. The minimum absolute atomic E-state index is 0. The van der Waals surface area contributed by atoms with Crippen LogP contribution in [0.3, 0.4) is 0 Å². The summed E-state index contributed by atoms with van der Waals surface area (Å²) in [5.74, 6) is 0. The van der Waals surface area contributed by atoms with Gasteiger partial charge in [0.1, 0.15) is 0 Å². The third kappa shape index (κ3) is 26.4. The summed E-state index contributed by atoms with van der Waals surface area (Å²) in [6.07, 6.45) is 19.5. The van der Waals surface area contributed by atoms with Gasteiger partial charge in [0.15, 0.2) is 0 Å². The maximum absolute atomic E-state index is 2.29. The number of hydrogen-bond donors (Lipinski definition) is 0. The second-order valence-corrected chi connectivity index (χ2v) is 3.85. The molecule has 98 valence electrons. The SMILES string of the molecule is CCCC/C=C\C=C\CCCCCC.[Cl-].[Cl-].[Mg+2]. The van der Waals surface area contributed by atoms with E-state index < -0.39 is 0 Å². The van der Waals surface area contributed by atoms with Crippen molar-refractivity contribution >= 4 is 23.1 Å². The summed E-state index contributed by atoms with van der Waals surface area (Å²) in [6, 6.07) is 0.